The van der Waals surface area contributed by atoms with Crippen LogP contribution in [0.5, 0.6) is 5.75 Å². The average Bonchev–Trinajstić information content (AvgIpc) is 2.55. The van der Waals surface area contributed by atoms with E-state index in [4.69, 9.17) is 4.74 Å². The number of para-hydroxylation sites is 1. The molecule has 0 fully saturated rings. The zero-order chi connectivity index (χ0) is 11.7. The van der Waals surface area contributed by atoms with Crippen LogP contribution in [0.25, 0.3) is 5.57 Å². The number of fused-ring (bicyclic) bond motifs is 2. The van der Waals surface area contributed by atoms with Gasteiger partial charge < -0.3 is 4.74 Å². The van der Waals surface area contributed by atoms with Crippen LogP contribution in [-0.2, 0) is 6.61 Å². The van der Waals surface area contributed by atoms with Gasteiger partial charge in [0, 0.05) is 5.56 Å². The molecule has 0 atom stereocenters. The molecule has 0 radical (unpaired) electrons. The third-order valence-corrected chi connectivity index (χ3v) is 3.43. The Kier molecular flexibility index (Phi) is 2.73. The second-order valence-electron chi connectivity index (χ2n) is 3.96. The summed E-state index contributed by atoms with van der Waals surface area (Å²) in [5, 5.41) is 0. The van der Waals surface area contributed by atoms with E-state index >= 15 is 0 Å². The lowest BCUT2D eigenvalue weighted by Gasteiger charge is -2.08. The molecule has 0 amide bonds. The topological polar surface area (TPSA) is 9.23 Å². The molecule has 1 heterocycles. The Morgan fingerprint density at radius 2 is 1.65 bits per heavy atom. The lowest BCUT2D eigenvalue weighted by Crippen LogP contribution is -1.94. The summed E-state index contributed by atoms with van der Waals surface area (Å²) in [5.41, 5.74) is 4.76. The van der Waals surface area contributed by atoms with Gasteiger partial charge in [-0.25, -0.2) is 0 Å². The van der Waals surface area contributed by atoms with Crippen LogP contribution in [0.3, 0.4) is 0 Å². The van der Waals surface area contributed by atoms with Crippen LogP contribution in [-0.4, -0.2) is 0 Å². The maximum atomic E-state index is 5.85. The third kappa shape index (κ3) is 1.79. The number of rotatable bonds is 0. The highest BCUT2D eigenvalue weighted by Crippen LogP contribution is 2.36. The predicted octanol–water partition coefficient (Wildman–Crippen LogP) is 4.36. The highest BCUT2D eigenvalue weighted by molar-refractivity contribution is 9.11. The van der Waals surface area contributed by atoms with Gasteiger partial charge in [-0.1, -0.05) is 58.4 Å². The van der Waals surface area contributed by atoms with Gasteiger partial charge in [0.15, 0.2) is 0 Å². The Balaban J connectivity index is 2.27. The second-order valence-corrected chi connectivity index (χ2v) is 4.42. The van der Waals surface area contributed by atoms with Crippen molar-refractivity contribution in [2.45, 2.75) is 6.61 Å². The molecule has 1 aliphatic rings. The molecule has 0 saturated carbocycles. The van der Waals surface area contributed by atoms with Gasteiger partial charge in [-0.05, 0) is 27.8 Å². The van der Waals surface area contributed by atoms with Crippen LogP contribution in [0.4, 0.5) is 0 Å². The van der Waals surface area contributed by atoms with E-state index in [1.54, 1.807) is 0 Å². The first kappa shape index (κ1) is 10.6. The van der Waals surface area contributed by atoms with Crippen LogP contribution in [0.2, 0.25) is 0 Å². The Morgan fingerprint density at radius 1 is 0.941 bits per heavy atom. The van der Waals surface area contributed by atoms with Gasteiger partial charge >= 0.3 is 0 Å². The molecule has 0 aromatic heterocycles. The molecule has 0 spiro atoms. The molecule has 1 aliphatic heterocycles. The van der Waals surface area contributed by atoms with Crippen LogP contribution in [0.1, 0.15) is 16.7 Å². The summed E-state index contributed by atoms with van der Waals surface area (Å²) in [7, 11) is 0. The fraction of sp³-hybridized carbons (Fsp3) is 0.0667. The molecule has 2 aromatic rings. The molecular weight excluding hydrogens is 276 g/mol. The van der Waals surface area contributed by atoms with Crippen LogP contribution >= 0.6 is 15.9 Å². The summed E-state index contributed by atoms with van der Waals surface area (Å²) >= 11 is 3.47. The summed E-state index contributed by atoms with van der Waals surface area (Å²) in [6, 6.07) is 16.5. The quantitative estimate of drug-likeness (QED) is 0.699. The Morgan fingerprint density at radius 3 is 2.47 bits per heavy atom. The lowest BCUT2D eigenvalue weighted by molar-refractivity contribution is 0.307. The number of hydrogen-bond donors (Lipinski definition) is 0. The van der Waals surface area contributed by atoms with Crippen molar-refractivity contribution in [3.8, 4) is 5.75 Å². The third-order valence-electron chi connectivity index (χ3n) is 2.98. The average molecular weight is 287 g/mol. The molecule has 2 aromatic carbocycles. The SMILES string of the molecule is BrC=C1c2ccccc2COc2ccccc21. The van der Waals surface area contributed by atoms with Crippen molar-refractivity contribution in [3.05, 3.63) is 70.2 Å². The summed E-state index contributed by atoms with van der Waals surface area (Å²) in [6.45, 7) is 0.623. The standard InChI is InChI=1S/C15H11BrO/c16-9-14-12-6-2-1-5-11(12)10-17-15-8-4-3-7-13(14)15/h1-9H,10H2. The first-order valence-corrected chi connectivity index (χ1v) is 6.42. The largest absolute Gasteiger partial charge is 0.488 e. The second kappa shape index (κ2) is 4.38. The maximum Gasteiger partial charge on any atom is 0.127 e. The molecule has 0 bridgehead atoms. The van der Waals surface area contributed by atoms with Crippen LogP contribution < -0.4 is 4.74 Å². The lowest BCUT2D eigenvalue weighted by atomic mass is 9.96. The van der Waals surface area contributed by atoms with E-state index in [2.05, 4.69) is 40.2 Å². The van der Waals surface area contributed by atoms with Gasteiger partial charge in [-0.15, -0.1) is 0 Å². The number of ether oxygens (including phenoxy) is 1. The summed E-state index contributed by atoms with van der Waals surface area (Å²) in [6.07, 6.45) is 0. The van der Waals surface area contributed by atoms with Gasteiger partial charge in [-0.2, -0.15) is 0 Å². The van der Waals surface area contributed by atoms with E-state index in [0.717, 1.165) is 11.3 Å². The normalized spacial score (nSPS) is 15.7. The van der Waals surface area contributed by atoms with Gasteiger partial charge in [0.05, 0.1) is 0 Å². The van der Waals surface area contributed by atoms with Crippen LogP contribution in [0, 0.1) is 0 Å². The van der Waals surface area contributed by atoms with Gasteiger partial charge in [0.25, 0.3) is 0 Å². The maximum absolute atomic E-state index is 5.85. The highest BCUT2D eigenvalue weighted by atomic mass is 79.9. The molecule has 84 valence electrons. The van der Waals surface area contributed by atoms with Crippen molar-refractivity contribution in [1.29, 1.82) is 0 Å². The van der Waals surface area contributed by atoms with E-state index in [0.29, 0.717) is 6.61 Å². The molecule has 1 nitrogen and oxygen atoms in total. The Bertz CT molecular complexity index is 537. The number of benzene rings is 2. The van der Waals surface area contributed by atoms with Crippen molar-refractivity contribution < 1.29 is 4.74 Å². The molecule has 0 unspecified atom stereocenters. The molecule has 0 aliphatic carbocycles. The smallest absolute Gasteiger partial charge is 0.127 e. The van der Waals surface area contributed by atoms with Gasteiger partial charge in [0.2, 0.25) is 0 Å². The Labute approximate surface area is 109 Å². The fourth-order valence-corrected chi connectivity index (χ4v) is 2.64. The summed E-state index contributed by atoms with van der Waals surface area (Å²) < 4.78 is 5.85. The minimum Gasteiger partial charge on any atom is -0.488 e. The van der Waals surface area contributed by atoms with E-state index in [-0.39, 0.29) is 0 Å². The molecule has 0 N–H and O–H groups in total. The van der Waals surface area contributed by atoms with E-state index in [9.17, 15) is 0 Å². The minimum absolute atomic E-state index is 0.623. The molecule has 17 heavy (non-hydrogen) atoms. The zero-order valence-corrected chi connectivity index (χ0v) is 10.8. The van der Waals surface area contributed by atoms with Crippen molar-refractivity contribution in [2.24, 2.45) is 0 Å². The van der Waals surface area contributed by atoms with Crippen LogP contribution in [0.15, 0.2) is 53.5 Å². The van der Waals surface area contributed by atoms with Crippen molar-refractivity contribution >= 4 is 21.5 Å². The minimum atomic E-state index is 0.623. The van der Waals surface area contributed by atoms with Gasteiger partial charge in [0.1, 0.15) is 12.4 Å². The predicted molar refractivity (Wildman–Crippen MR) is 73.2 cm³/mol. The van der Waals surface area contributed by atoms with E-state index in [1.807, 2.05) is 29.3 Å². The zero-order valence-electron chi connectivity index (χ0n) is 9.19. The highest BCUT2D eigenvalue weighted by Gasteiger charge is 2.17. The van der Waals surface area contributed by atoms with Gasteiger partial charge in [-0.3, -0.25) is 0 Å². The van der Waals surface area contributed by atoms with Crippen molar-refractivity contribution in [2.75, 3.05) is 0 Å². The van der Waals surface area contributed by atoms with E-state index in [1.165, 1.54) is 16.7 Å². The van der Waals surface area contributed by atoms with Crippen molar-refractivity contribution in [1.82, 2.24) is 0 Å². The van der Waals surface area contributed by atoms with Crippen molar-refractivity contribution in [3.63, 3.8) is 0 Å². The Hall–Kier alpha value is -1.54. The molecule has 2 heteroatoms. The molecule has 0 saturated heterocycles. The summed E-state index contributed by atoms with van der Waals surface area (Å²) in [4.78, 5) is 1.97. The first-order valence-electron chi connectivity index (χ1n) is 5.51. The first-order chi connectivity index (χ1) is 8.40. The molecule has 3 rings (SSSR count). The fourth-order valence-electron chi connectivity index (χ4n) is 2.14. The number of hydrogen-bond acceptors (Lipinski definition) is 1. The number of halogens is 1. The monoisotopic (exact) mass is 286 g/mol. The van der Waals surface area contributed by atoms with E-state index < -0.39 is 0 Å². The summed E-state index contributed by atoms with van der Waals surface area (Å²) in [5.74, 6) is 0.939. The molecular formula is C15H11BrO.